The first-order chi connectivity index (χ1) is 8.04. The molecule has 0 aliphatic heterocycles. The van der Waals surface area contributed by atoms with Gasteiger partial charge in [-0.1, -0.05) is 12.1 Å². The predicted molar refractivity (Wildman–Crippen MR) is 62.8 cm³/mol. The maximum Gasteiger partial charge on any atom is 0.323 e. The monoisotopic (exact) mass is 235 g/mol. The number of aromatic nitrogens is 1. The van der Waals surface area contributed by atoms with E-state index in [9.17, 15) is 9.59 Å². The zero-order chi connectivity index (χ0) is 12.8. The summed E-state index contributed by atoms with van der Waals surface area (Å²) in [5.41, 5.74) is 5.20. The highest BCUT2D eigenvalue weighted by Gasteiger charge is 2.12. The number of hydrogen-bond donors (Lipinski definition) is 2. The van der Waals surface area contributed by atoms with E-state index in [0.29, 0.717) is 12.4 Å². The van der Waals surface area contributed by atoms with E-state index in [1.807, 2.05) is 0 Å². The van der Waals surface area contributed by atoms with Crippen LogP contribution in [0, 0.1) is 0 Å². The normalized spacial score (nSPS) is 9.65. The van der Waals surface area contributed by atoms with E-state index < -0.39 is 11.9 Å². The largest absolute Gasteiger partial charge is 0.480 e. The standard InChI is InChI=1S/C11H13N3O3/c1-2-6-14(7-10(15)16)9-5-3-4-8(13-9)11(12)17/h2-5H,1,6-7H2,(H2,12,17)(H,15,16). The van der Waals surface area contributed by atoms with Gasteiger partial charge in [0.05, 0.1) is 0 Å². The fourth-order valence-electron chi connectivity index (χ4n) is 1.29. The van der Waals surface area contributed by atoms with Gasteiger partial charge in [-0.3, -0.25) is 9.59 Å². The minimum atomic E-state index is -0.988. The van der Waals surface area contributed by atoms with Gasteiger partial charge in [0.15, 0.2) is 0 Å². The Kier molecular flexibility index (Phi) is 4.21. The molecule has 0 aliphatic carbocycles. The number of carboxylic acid groups (broad SMARTS) is 1. The average molecular weight is 235 g/mol. The lowest BCUT2D eigenvalue weighted by Crippen LogP contribution is -2.31. The van der Waals surface area contributed by atoms with E-state index in [1.54, 1.807) is 18.2 Å². The molecule has 6 heteroatoms. The van der Waals surface area contributed by atoms with E-state index in [0.717, 1.165) is 0 Å². The number of nitrogens with zero attached hydrogens (tertiary/aromatic N) is 2. The fourth-order valence-corrected chi connectivity index (χ4v) is 1.29. The Morgan fingerprint density at radius 2 is 2.24 bits per heavy atom. The van der Waals surface area contributed by atoms with Crippen molar-refractivity contribution in [2.75, 3.05) is 18.0 Å². The molecular weight excluding hydrogens is 222 g/mol. The summed E-state index contributed by atoms with van der Waals surface area (Å²) in [6, 6.07) is 4.68. The summed E-state index contributed by atoms with van der Waals surface area (Å²) < 4.78 is 0. The van der Waals surface area contributed by atoms with E-state index in [4.69, 9.17) is 10.8 Å². The third kappa shape index (κ3) is 3.60. The Bertz CT molecular complexity index is 445. The van der Waals surface area contributed by atoms with Crippen molar-refractivity contribution in [1.29, 1.82) is 0 Å². The summed E-state index contributed by atoms with van der Waals surface area (Å²) in [5, 5.41) is 8.75. The molecule has 0 aromatic carbocycles. The van der Waals surface area contributed by atoms with E-state index >= 15 is 0 Å². The van der Waals surface area contributed by atoms with Crippen molar-refractivity contribution in [3.63, 3.8) is 0 Å². The average Bonchev–Trinajstić information content (AvgIpc) is 2.28. The van der Waals surface area contributed by atoms with Crippen LogP contribution in [0.15, 0.2) is 30.9 Å². The van der Waals surface area contributed by atoms with Gasteiger partial charge in [0, 0.05) is 6.54 Å². The summed E-state index contributed by atoms with van der Waals surface area (Å²) >= 11 is 0. The van der Waals surface area contributed by atoms with Crippen LogP contribution >= 0.6 is 0 Å². The van der Waals surface area contributed by atoms with Crippen molar-refractivity contribution < 1.29 is 14.7 Å². The first-order valence-corrected chi connectivity index (χ1v) is 4.89. The quantitative estimate of drug-likeness (QED) is 0.689. The van der Waals surface area contributed by atoms with Gasteiger partial charge in [-0.05, 0) is 12.1 Å². The van der Waals surface area contributed by atoms with Crippen LogP contribution in [0.1, 0.15) is 10.5 Å². The van der Waals surface area contributed by atoms with Gasteiger partial charge in [0.2, 0.25) is 0 Å². The van der Waals surface area contributed by atoms with Crippen LogP contribution < -0.4 is 10.6 Å². The van der Waals surface area contributed by atoms with E-state index in [1.165, 1.54) is 11.0 Å². The van der Waals surface area contributed by atoms with Crippen LogP contribution in [0.25, 0.3) is 0 Å². The maximum atomic E-state index is 11.0. The Balaban J connectivity index is 3.00. The fraction of sp³-hybridized carbons (Fsp3) is 0.182. The summed E-state index contributed by atoms with van der Waals surface area (Å²) in [5.74, 6) is -1.26. The number of carbonyl (C=O) groups is 2. The molecule has 0 fully saturated rings. The number of amides is 1. The maximum absolute atomic E-state index is 11.0. The molecule has 0 unspecified atom stereocenters. The van der Waals surface area contributed by atoms with Gasteiger partial charge in [-0.25, -0.2) is 4.98 Å². The molecule has 1 aromatic heterocycles. The van der Waals surface area contributed by atoms with Crippen LogP contribution in [0.3, 0.4) is 0 Å². The molecular formula is C11H13N3O3. The van der Waals surface area contributed by atoms with Crippen molar-refractivity contribution in [3.05, 3.63) is 36.5 Å². The lowest BCUT2D eigenvalue weighted by Gasteiger charge is -2.19. The minimum absolute atomic E-state index is 0.0990. The summed E-state index contributed by atoms with van der Waals surface area (Å²) in [6.45, 7) is 3.64. The number of carbonyl (C=O) groups excluding carboxylic acids is 1. The van der Waals surface area contributed by atoms with Crippen LogP contribution in [-0.4, -0.2) is 35.1 Å². The van der Waals surface area contributed by atoms with Crippen molar-refractivity contribution in [3.8, 4) is 0 Å². The van der Waals surface area contributed by atoms with Crippen LogP contribution in [0.4, 0.5) is 5.82 Å². The van der Waals surface area contributed by atoms with Crippen molar-refractivity contribution >= 4 is 17.7 Å². The van der Waals surface area contributed by atoms with Crippen molar-refractivity contribution in [2.24, 2.45) is 5.73 Å². The van der Waals surface area contributed by atoms with Gasteiger partial charge in [0.25, 0.3) is 5.91 Å². The van der Waals surface area contributed by atoms with Gasteiger partial charge >= 0.3 is 5.97 Å². The molecule has 1 amide bonds. The number of hydrogen-bond acceptors (Lipinski definition) is 4. The summed E-state index contributed by atoms with van der Waals surface area (Å²) in [4.78, 5) is 27.1. The lowest BCUT2D eigenvalue weighted by atomic mass is 10.3. The molecule has 0 bridgehead atoms. The van der Waals surface area contributed by atoms with Gasteiger partial charge in [-0.15, -0.1) is 6.58 Å². The SMILES string of the molecule is C=CCN(CC(=O)O)c1cccc(C(N)=O)n1. The van der Waals surface area contributed by atoms with Crippen molar-refractivity contribution in [2.45, 2.75) is 0 Å². The molecule has 0 radical (unpaired) electrons. The molecule has 3 N–H and O–H groups in total. The molecule has 1 heterocycles. The van der Waals surface area contributed by atoms with Gasteiger partial charge < -0.3 is 15.7 Å². The Hall–Kier alpha value is -2.37. The highest BCUT2D eigenvalue weighted by atomic mass is 16.4. The number of primary amides is 1. The highest BCUT2D eigenvalue weighted by Crippen LogP contribution is 2.11. The topological polar surface area (TPSA) is 96.5 Å². The molecule has 90 valence electrons. The number of pyridine rings is 1. The Morgan fingerprint density at radius 3 is 2.76 bits per heavy atom. The van der Waals surface area contributed by atoms with Crippen LogP contribution in [0.5, 0.6) is 0 Å². The number of carboxylic acids is 1. The molecule has 1 aromatic rings. The molecule has 17 heavy (non-hydrogen) atoms. The van der Waals surface area contributed by atoms with Crippen molar-refractivity contribution in [1.82, 2.24) is 4.98 Å². The van der Waals surface area contributed by atoms with Crippen LogP contribution in [-0.2, 0) is 4.79 Å². The first-order valence-electron chi connectivity index (χ1n) is 4.89. The van der Waals surface area contributed by atoms with Gasteiger partial charge in [-0.2, -0.15) is 0 Å². The predicted octanol–water partition coefficient (Wildman–Crippen LogP) is 0.258. The Labute approximate surface area is 98.4 Å². The second-order valence-electron chi connectivity index (χ2n) is 3.31. The lowest BCUT2D eigenvalue weighted by molar-refractivity contribution is -0.135. The molecule has 1 rings (SSSR count). The van der Waals surface area contributed by atoms with Gasteiger partial charge in [0.1, 0.15) is 18.1 Å². The Morgan fingerprint density at radius 1 is 1.53 bits per heavy atom. The first kappa shape index (κ1) is 12.7. The zero-order valence-electron chi connectivity index (χ0n) is 9.17. The molecule has 0 saturated carbocycles. The summed E-state index contributed by atoms with van der Waals surface area (Å²) in [7, 11) is 0. The third-order valence-electron chi connectivity index (χ3n) is 1.99. The summed E-state index contributed by atoms with van der Waals surface area (Å²) in [6.07, 6.45) is 1.56. The second kappa shape index (κ2) is 5.64. The highest BCUT2D eigenvalue weighted by molar-refractivity contribution is 5.91. The molecule has 6 nitrogen and oxygen atoms in total. The third-order valence-corrected chi connectivity index (χ3v) is 1.99. The molecule has 0 spiro atoms. The van der Waals surface area contributed by atoms with E-state index in [-0.39, 0.29) is 12.2 Å². The van der Waals surface area contributed by atoms with Crippen LogP contribution in [0.2, 0.25) is 0 Å². The number of aliphatic carboxylic acids is 1. The minimum Gasteiger partial charge on any atom is -0.480 e. The number of rotatable bonds is 6. The number of nitrogens with two attached hydrogens (primary N) is 1. The molecule has 0 atom stereocenters. The van der Waals surface area contributed by atoms with E-state index in [2.05, 4.69) is 11.6 Å². The zero-order valence-corrected chi connectivity index (χ0v) is 9.17. The number of anilines is 1. The second-order valence-corrected chi connectivity index (χ2v) is 3.31. The molecule has 0 aliphatic rings. The molecule has 0 saturated heterocycles. The smallest absolute Gasteiger partial charge is 0.323 e.